The summed E-state index contributed by atoms with van der Waals surface area (Å²) in [6.07, 6.45) is 0. The largest absolute Gasteiger partial charge is 0.465 e. The van der Waals surface area contributed by atoms with Crippen LogP contribution in [-0.4, -0.2) is 24.9 Å². The number of anilines is 1. The number of rotatable bonds is 4. The third-order valence-electron chi connectivity index (χ3n) is 3.76. The van der Waals surface area contributed by atoms with Gasteiger partial charge in [0.05, 0.1) is 12.7 Å². The Morgan fingerprint density at radius 3 is 2.33 bits per heavy atom. The Bertz CT molecular complexity index is 839. The van der Waals surface area contributed by atoms with Gasteiger partial charge in [-0.15, -0.1) is 11.3 Å². The monoisotopic (exact) mass is 346 g/mol. The molecule has 2 aromatic rings. The maximum atomic E-state index is 12.4. The van der Waals surface area contributed by atoms with E-state index in [0.29, 0.717) is 11.1 Å². The first-order chi connectivity index (χ1) is 11.3. The number of aryl methyl sites for hydroxylation is 2. The summed E-state index contributed by atoms with van der Waals surface area (Å²) in [5.74, 6) is -1.67. The number of hydrogen-bond acceptors (Lipinski definition) is 5. The Hall–Kier alpha value is -2.67. The minimum Gasteiger partial charge on any atom is -0.465 e. The van der Waals surface area contributed by atoms with Crippen molar-refractivity contribution in [2.24, 2.45) is 5.73 Å². The number of carbonyl (C=O) groups excluding carboxylic acids is 3. The SMILES string of the molecule is COC(=O)c1sc(NC(=O)c2ccc(C)c(C)c2)c(C(N)=O)c1C. The quantitative estimate of drug-likeness (QED) is 0.832. The molecule has 0 radical (unpaired) electrons. The molecule has 2 amide bonds. The molecule has 1 heterocycles. The lowest BCUT2D eigenvalue weighted by Crippen LogP contribution is -2.17. The van der Waals surface area contributed by atoms with Crippen molar-refractivity contribution in [3.63, 3.8) is 0 Å². The Labute approximate surface area is 143 Å². The minimum atomic E-state index is -0.714. The van der Waals surface area contributed by atoms with Crippen LogP contribution in [0.1, 0.15) is 47.1 Å². The number of primary amides is 1. The predicted octanol–water partition coefficient (Wildman–Crippen LogP) is 2.81. The molecule has 6 nitrogen and oxygen atoms in total. The fourth-order valence-electron chi connectivity index (χ4n) is 2.24. The van der Waals surface area contributed by atoms with Crippen LogP contribution in [0.2, 0.25) is 0 Å². The van der Waals surface area contributed by atoms with Gasteiger partial charge in [-0.3, -0.25) is 9.59 Å². The second kappa shape index (κ2) is 6.84. The van der Waals surface area contributed by atoms with E-state index in [4.69, 9.17) is 10.5 Å². The number of benzene rings is 1. The molecule has 0 unspecified atom stereocenters. The van der Waals surface area contributed by atoms with Crippen molar-refractivity contribution in [3.05, 3.63) is 50.9 Å². The zero-order chi connectivity index (χ0) is 18.0. The molecule has 0 aliphatic carbocycles. The second-order valence-electron chi connectivity index (χ2n) is 5.37. The Kier molecular flexibility index (Phi) is 5.04. The van der Waals surface area contributed by atoms with Crippen molar-refractivity contribution in [1.82, 2.24) is 0 Å². The number of thiophene rings is 1. The van der Waals surface area contributed by atoms with Crippen molar-refractivity contribution in [2.75, 3.05) is 12.4 Å². The first-order valence-electron chi connectivity index (χ1n) is 7.16. The molecule has 126 valence electrons. The summed E-state index contributed by atoms with van der Waals surface area (Å²) in [7, 11) is 1.25. The zero-order valence-electron chi connectivity index (χ0n) is 13.9. The lowest BCUT2D eigenvalue weighted by molar-refractivity contribution is 0.0605. The smallest absolute Gasteiger partial charge is 0.348 e. The van der Waals surface area contributed by atoms with E-state index in [2.05, 4.69) is 5.32 Å². The molecule has 0 spiro atoms. The highest BCUT2D eigenvalue weighted by atomic mass is 32.1. The fourth-order valence-corrected chi connectivity index (χ4v) is 3.37. The van der Waals surface area contributed by atoms with Crippen LogP contribution in [0.15, 0.2) is 18.2 Å². The maximum Gasteiger partial charge on any atom is 0.348 e. The third-order valence-corrected chi connectivity index (χ3v) is 4.95. The molecule has 0 saturated carbocycles. The Morgan fingerprint density at radius 2 is 1.79 bits per heavy atom. The molecule has 3 N–H and O–H groups in total. The van der Waals surface area contributed by atoms with Gasteiger partial charge in [0.2, 0.25) is 0 Å². The van der Waals surface area contributed by atoms with Crippen molar-refractivity contribution in [3.8, 4) is 0 Å². The van der Waals surface area contributed by atoms with E-state index in [1.165, 1.54) is 7.11 Å². The average Bonchev–Trinajstić information content (AvgIpc) is 2.85. The lowest BCUT2D eigenvalue weighted by atomic mass is 10.1. The summed E-state index contributed by atoms with van der Waals surface area (Å²) in [5, 5.41) is 2.91. The molecular formula is C17H18N2O4S. The van der Waals surface area contributed by atoms with E-state index in [9.17, 15) is 14.4 Å². The molecule has 0 bridgehead atoms. The van der Waals surface area contributed by atoms with Crippen LogP contribution in [0.4, 0.5) is 5.00 Å². The van der Waals surface area contributed by atoms with Crippen LogP contribution in [-0.2, 0) is 4.74 Å². The molecule has 0 aliphatic heterocycles. The molecule has 1 aromatic carbocycles. The zero-order valence-corrected chi connectivity index (χ0v) is 14.7. The molecule has 0 atom stereocenters. The number of nitrogens with two attached hydrogens (primary N) is 1. The molecule has 2 rings (SSSR count). The highest BCUT2D eigenvalue weighted by Gasteiger charge is 2.25. The van der Waals surface area contributed by atoms with Gasteiger partial charge < -0.3 is 15.8 Å². The van der Waals surface area contributed by atoms with Crippen molar-refractivity contribution >= 4 is 34.1 Å². The van der Waals surface area contributed by atoms with Gasteiger partial charge in [0.25, 0.3) is 11.8 Å². The number of carbonyl (C=O) groups is 3. The molecule has 24 heavy (non-hydrogen) atoms. The molecule has 0 saturated heterocycles. The lowest BCUT2D eigenvalue weighted by Gasteiger charge is -2.07. The fraction of sp³-hybridized carbons (Fsp3) is 0.235. The van der Waals surface area contributed by atoms with Gasteiger partial charge in [-0.2, -0.15) is 0 Å². The van der Waals surface area contributed by atoms with Crippen LogP contribution < -0.4 is 11.1 Å². The number of hydrogen-bond donors (Lipinski definition) is 2. The molecular weight excluding hydrogens is 328 g/mol. The number of nitrogens with one attached hydrogen (secondary N) is 1. The van der Waals surface area contributed by atoms with Crippen molar-refractivity contribution in [1.29, 1.82) is 0 Å². The predicted molar refractivity (Wildman–Crippen MR) is 92.8 cm³/mol. The van der Waals surface area contributed by atoms with Crippen molar-refractivity contribution in [2.45, 2.75) is 20.8 Å². The Morgan fingerprint density at radius 1 is 1.12 bits per heavy atom. The van der Waals surface area contributed by atoms with Crippen LogP contribution in [0.5, 0.6) is 0 Å². The van der Waals surface area contributed by atoms with E-state index in [0.717, 1.165) is 22.5 Å². The van der Waals surface area contributed by atoms with Crippen LogP contribution in [0, 0.1) is 20.8 Å². The van der Waals surface area contributed by atoms with Crippen LogP contribution >= 0.6 is 11.3 Å². The molecule has 0 fully saturated rings. The summed E-state index contributed by atoms with van der Waals surface area (Å²) < 4.78 is 4.69. The highest BCUT2D eigenvalue weighted by molar-refractivity contribution is 7.18. The first-order valence-corrected chi connectivity index (χ1v) is 7.98. The minimum absolute atomic E-state index is 0.123. The maximum absolute atomic E-state index is 12.4. The van der Waals surface area contributed by atoms with Crippen molar-refractivity contribution < 1.29 is 19.1 Å². The van der Waals surface area contributed by atoms with E-state index in [1.807, 2.05) is 19.9 Å². The van der Waals surface area contributed by atoms with Gasteiger partial charge in [0, 0.05) is 5.56 Å². The average molecular weight is 346 g/mol. The van der Waals surface area contributed by atoms with E-state index in [-0.39, 0.29) is 21.3 Å². The third kappa shape index (κ3) is 3.30. The normalized spacial score (nSPS) is 10.3. The summed E-state index contributed by atoms with van der Waals surface area (Å²) >= 11 is 0.970. The number of amides is 2. The van der Waals surface area contributed by atoms with Gasteiger partial charge in [-0.25, -0.2) is 4.79 Å². The van der Waals surface area contributed by atoms with Gasteiger partial charge in [-0.05, 0) is 49.6 Å². The first kappa shape index (κ1) is 17.7. The van der Waals surface area contributed by atoms with Crippen LogP contribution in [0.25, 0.3) is 0 Å². The summed E-state index contributed by atoms with van der Waals surface area (Å²) in [5.41, 5.74) is 8.43. The van der Waals surface area contributed by atoms with E-state index < -0.39 is 11.9 Å². The summed E-state index contributed by atoms with van der Waals surface area (Å²) in [6, 6.07) is 5.30. The van der Waals surface area contributed by atoms with Gasteiger partial charge in [0.15, 0.2) is 0 Å². The summed E-state index contributed by atoms with van der Waals surface area (Å²) in [6.45, 7) is 5.45. The molecule has 1 aromatic heterocycles. The second-order valence-corrected chi connectivity index (χ2v) is 6.39. The highest BCUT2D eigenvalue weighted by Crippen LogP contribution is 2.33. The van der Waals surface area contributed by atoms with Gasteiger partial charge in [-0.1, -0.05) is 6.07 Å². The van der Waals surface area contributed by atoms with Gasteiger partial charge in [0.1, 0.15) is 9.88 Å². The van der Waals surface area contributed by atoms with E-state index in [1.54, 1.807) is 19.1 Å². The van der Waals surface area contributed by atoms with Gasteiger partial charge >= 0.3 is 5.97 Å². The number of ether oxygens (including phenoxy) is 1. The number of methoxy groups -OCH3 is 1. The molecule has 0 aliphatic rings. The van der Waals surface area contributed by atoms with Crippen LogP contribution in [0.3, 0.4) is 0 Å². The summed E-state index contributed by atoms with van der Waals surface area (Å²) in [4.78, 5) is 36.2. The Balaban J connectivity index is 2.41. The topological polar surface area (TPSA) is 98.5 Å². The van der Waals surface area contributed by atoms with E-state index >= 15 is 0 Å². The number of esters is 1. The molecule has 7 heteroatoms. The standard InChI is InChI=1S/C17H18N2O4S/c1-8-5-6-11(7-9(8)2)15(21)19-16-12(14(18)20)10(3)13(24-16)17(22)23-4/h5-7H,1-4H3,(H2,18,20)(H,19,21).